The molecule has 0 saturated carbocycles. The van der Waals surface area contributed by atoms with Crippen molar-refractivity contribution in [2.45, 2.75) is 64.6 Å². The first-order valence-electron chi connectivity index (χ1n) is 6.82. The average Bonchev–Trinajstić information content (AvgIpc) is 2.76. The molecule has 1 amide bonds. The van der Waals surface area contributed by atoms with Gasteiger partial charge in [-0.1, -0.05) is 25.6 Å². The number of nitrogens with one attached hydrogen (secondary N) is 1. The summed E-state index contributed by atoms with van der Waals surface area (Å²) < 4.78 is 0. The Morgan fingerprint density at radius 2 is 2.22 bits per heavy atom. The lowest BCUT2D eigenvalue weighted by molar-refractivity contribution is -0.126. The molecule has 0 bridgehead atoms. The van der Waals surface area contributed by atoms with Crippen molar-refractivity contribution < 1.29 is 4.79 Å². The SMILES string of the molecule is CCCC(C)NC(=O)C(C)N1CCCC1C(N)=S. The van der Waals surface area contributed by atoms with E-state index in [2.05, 4.69) is 17.1 Å². The van der Waals surface area contributed by atoms with Crippen LogP contribution in [0.1, 0.15) is 46.5 Å². The Morgan fingerprint density at radius 1 is 1.56 bits per heavy atom. The quantitative estimate of drug-likeness (QED) is 0.718. The molecule has 3 atom stereocenters. The number of nitrogens with zero attached hydrogens (tertiary/aromatic N) is 1. The number of amides is 1. The zero-order chi connectivity index (χ0) is 13.7. The molecule has 4 nitrogen and oxygen atoms in total. The lowest BCUT2D eigenvalue weighted by Crippen LogP contribution is -2.52. The van der Waals surface area contributed by atoms with Gasteiger partial charge in [-0.2, -0.15) is 0 Å². The molecule has 0 aliphatic carbocycles. The minimum Gasteiger partial charge on any atom is -0.392 e. The summed E-state index contributed by atoms with van der Waals surface area (Å²) in [6.45, 7) is 7.00. The molecule has 0 aromatic heterocycles. The second kappa shape index (κ2) is 7.04. The monoisotopic (exact) mass is 271 g/mol. The Kier molecular flexibility index (Phi) is 6.02. The van der Waals surface area contributed by atoms with Gasteiger partial charge in [0.05, 0.1) is 17.1 Å². The molecule has 0 radical (unpaired) electrons. The number of nitrogens with two attached hydrogens (primary N) is 1. The molecular weight excluding hydrogens is 246 g/mol. The second-order valence-electron chi connectivity index (χ2n) is 5.17. The summed E-state index contributed by atoms with van der Waals surface area (Å²) in [5, 5.41) is 3.05. The van der Waals surface area contributed by atoms with E-state index in [1.54, 1.807) is 0 Å². The molecule has 1 fully saturated rings. The van der Waals surface area contributed by atoms with E-state index in [9.17, 15) is 4.79 Å². The maximum absolute atomic E-state index is 12.1. The molecule has 3 unspecified atom stereocenters. The minimum atomic E-state index is -0.154. The first-order chi connectivity index (χ1) is 8.47. The molecule has 1 aliphatic rings. The van der Waals surface area contributed by atoms with Gasteiger partial charge in [-0.05, 0) is 39.7 Å². The molecular formula is C13H25N3OS. The Morgan fingerprint density at radius 3 is 2.78 bits per heavy atom. The van der Waals surface area contributed by atoms with Gasteiger partial charge < -0.3 is 11.1 Å². The zero-order valence-corrected chi connectivity index (χ0v) is 12.4. The molecule has 1 aliphatic heterocycles. The van der Waals surface area contributed by atoms with Crippen LogP contribution in [0.5, 0.6) is 0 Å². The van der Waals surface area contributed by atoms with Gasteiger partial charge in [0, 0.05) is 6.04 Å². The van der Waals surface area contributed by atoms with E-state index in [4.69, 9.17) is 18.0 Å². The van der Waals surface area contributed by atoms with Crippen LogP contribution < -0.4 is 11.1 Å². The molecule has 3 N–H and O–H groups in total. The molecule has 104 valence electrons. The summed E-state index contributed by atoms with van der Waals surface area (Å²) in [4.78, 5) is 14.8. The summed E-state index contributed by atoms with van der Waals surface area (Å²) in [5.41, 5.74) is 5.73. The summed E-state index contributed by atoms with van der Waals surface area (Å²) >= 11 is 5.07. The lowest BCUT2D eigenvalue weighted by atomic mass is 10.1. The predicted octanol–water partition coefficient (Wildman–Crippen LogP) is 1.43. The van der Waals surface area contributed by atoms with Crippen molar-refractivity contribution in [3.05, 3.63) is 0 Å². The molecule has 1 heterocycles. The van der Waals surface area contributed by atoms with Gasteiger partial charge in [0.2, 0.25) is 5.91 Å². The van der Waals surface area contributed by atoms with E-state index < -0.39 is 0 Å². The Balaban J connectivity index is 2.55. The van der Waals surface area contributed by atoms with E-state index in [1.165, 1.54) is 0 Å². The van der Waals surface area contributed by atoms with Crippen LogP contribution in [0.25, 0.3) is 0 Å². The van der Waals surface area contributed by atoms with E-state index in [0.29, 0.717) is 4.99 Å². The van der Waals surface area contributed by atoms with Gasteiger partial charge in [0.25, 0.3) is 0 Å². The zero-order valence-electron chi connectivity index (χ0n) is 11.6. The first-order valence-corrected chi connectivity index (χ1v) is 7.23. The molecule has 1 saturated heterocycles. The Labute approximate surface area is 115 Å². The number of rotatable bonds is 6. The van der Waals surface area contributed by atoms with Crippen molar-refractivity contribution in [2.24, 2.45) is 5.73 Å². The molecule has 0 spiro atoms. The van der Waals surface area contributed by atoms with Crippen LogP contribution in [0, 0.1) is 0 Å². The second-order valence-corrected chi connectivity index (χ2v) is 5.64. The summed E-state index contributed by atoms with van der Waals surface area (Å²) in [7, 11) is 0. The fraction of sp³-hybridized carbons (Fsp3) is 0.846. The van der Waals surface area contributed by atoms with Crippen LogP contribution in [0.3, 0.4) is 0 Å². The number of hydrogen-bond donors (Lipinski definition) is 2. The van der Waals surface area contributed by atoms with Gasteiger partial charge in [-0.25, -0.2) is 0 Å². The molecule has 18 heavy (non-hydrogen) atoms. The van der Waals surface area contributed by atoms with Gasteiger partial charge in [0.1, 0.15) is 0 Å². The van der Waals surface area contributed by atoms with Crippen molar-refractivity contribution in [3.63, 3.8) is 0 Å². The van der Waals surface area contributed by atoms with E-state index in [1.807, 2.05) is 13.8 Å². The smallest absolute Gasteiger partial charge is 0.237 e. The maximum atomic E-state index is 12.1. The molecule has 0 aromatic rings. The average molecular weight is 271 g/mol. The predicted molar refractivity (Wildman–Crippen MR) is 78.5 cm³/mol. The highest BCUT2D eigenvalue weighted by Crippen LogP contribution is 2.20. The topological polar surface area (TPSA) is 58.4 Å². The number of likely N-dealkylation sites (tertiary alicyclic amines) is 1. The van der Waals surface area contributed by atoms with Crippen LogP contribution >= 0.6 is 12.2 Å². The Hall–Kier alpha value is -0.680. The summed E-state index contributed by atoms with van der Waals surface area (Å²) in [6, 6.07) is 0.163. The van der Waals surface area contributed by atoms with E-state index in [0.717, 1.165) is 32.2 Å². The summed E-state index contributed by atoms with van der Waals surface area (Å²) in [5.74, 6) is 0.0825. The summed E-state index contributed by atoms with van der Waals surface area (Å²) in [6.07, 6.45) is 4.12. The van der Waals surface area contributed by atoms with Crippen LogP contribution in [-0.2, 0) is 4.79 Å². The van der Waals surface area contributed by atoms with Crippen molar-refractivity contribution >= 4 is 23.1 Å². The van der Waals surface area contributed by atoms with Crippen molar-refractivity contribution in [1.29, 1.82) is 0 Å². The lowest BCUT2D eigenvalue weighted by Gasteiger charge is -2.30. The first kappa shape index (κ1) is 15.4. The number of carbonyl (C=O) groups excluding carboxylic acids is 1. The molecule has 0 aromatic carbocycles. The highest BCUT2D eigenvalue weighted by molar-refractivity contribution is 7.80. The largest absolute Gasteiger partial charge is 0.392 e. The number of hydrogen-bond acceptors (Lipinski definition) is 3. The van der Waals surface area contributed by atoms with Crippen LogP contribution in [0.2, 0.25) is 0 Å². The number of thiocarbonyl (C=S) groups is 1. The molecule has 1 rings (SSSR count). The van der Waals surface area contributed by atoms with Gasteiger partial charge in [-0.15, -0.1) is 0 Å². The highest BCUT2D eigenvalue weighted by atomic mass is 32.1. The van der Waals surface area contributed by atoms with Crippen LogP contribution in [-0.4, -0.2) is 40.5 Å². The third-order valence-corrected chi connectivity index (χ3v) is 3.88. The van der Waals surface area contributed by atoms with Gasteiger partial charge in [-0.3, -0.25) is 9.69 Å². The van der Waals surface area contributed by atoms with E-state index >= 15 is 0 Å². The Bertz CT molecular complexity index is 309. The van der Waals surface area contributed by atoms with Crippen LogP contribution in [0.15, 0.2) is 0 Å². The van der Waals surface area contributed by atoms with Crippen LogP contribution in [0.4, 0.5) is 0 Å². The van der Waals surface area contributed by atoms with Gasteiger partial charge >= 0.3 is 0 Å². The fourth-order valence-electron chi connectivity index (χ4n) is 2.58. The third kappa shape index (κ3) is 3.92. The van der Waals surface area contributed by atoms with Crippen molar-refractivity contribution in [3.8, 4) is 0 Å². The fourth-order valence-corrected chi connectivity index (χ4v) is 2.83. The van der Waals surface area contributed by atoms with Gasteiger partial charge in [0.15, 0.2) is 0 Å². The normalized spacial score (nSPS) is 23.6. The number of carbonyl (C=O) groups is 1. The highest BCUT2D eigenvalue weighted by Gasteiger charge is 2.33. The minimum absolute atomic E-state index is 0.0825. The van der Waals surface area contributed by atoms with Crippen molar-refractivity contribution in [1.82, 2.24) is 10.2 Å². The molecule has 5 heteroatoms. The standard InChI is InChI=1S/C13H25N3OS/c1-4-6-9(2)15-13(17)10(3)16-8-5-7-11(16)12(14)18/h9-11H,4-8H2,1-3H3,(H2,14,18)(H,15,17). The van der Waals surface area contributed by atoms with E-state index in [-0.39, 0.29) is 24.0 Å². The maximum Gasteiger partial charge on any atom is 0.237 e. The van der Waals surface area contributed by atoms with Crippen molar-refractivity contribution in [2.75, 3.05) is 6.54 Å². The third-order valence-electron chi connectivity index (χ3n) is 3.61.